The lowest BCUT2D eigenvalue weighted by Gasteiger charge is -2.41. The molecular weight excluding hydrogens is 302 g/mol. The molecule has 2 N–H and O–H groups in total. The van der Waals surface area contributed by atoms with Crippen molar-refractivity contribution in [2.45, 2.75) is 69.6 Å². The molecule has 132 valence electrons. The van der Waals surface area contributed by atoms with Gasteiger partial charge in [0.15, 0.2) is 0 Å². The summed E-state index contributed by atoms with van der Waals surface area (Å²) in [7, 11) is 0. The fourth-order valence-electron chi connectivity index (χ4n) is 4.00. The molecule has 1 amide bonds. The maximum atomic E-state index is 12.1. The summed E-state index contributed by atoms with van der Waals surface area (Å²) in [5, 5.41) is 13.4. The van der Waals surface area contributed by atoms with E-state index in [0.29, 0.717) is 12.5 Å². The predicted octanol–water partition coefficient (Wildman–Crippen LogP) is 1.90. The molecule has 24 heavy (non-hydrogen) atoms. The van der Waals surface area contributed by atoms with Gasteiger partial charge in [-0.2, -0.15) is 0 Å². The zero-order valence-corrected chi connectivity index (χ0v) is 14.4. The van der Waals surface area contributed by atoms with E-state index in [-0.39, 0.29) is 18.1 Å². The standard InChI is InChI=1S/C19H29N3O2/c23-18-4-2-1-3-17(18)22-13-9-16(10-14-22)21-19(24)6-5-15-7-11-20-12-8-15/h7-8,11-12,16-18,23H,1-6,9-10,13-14H2,(H,21,24). The number of nitrogens with zero attached hydrogens (tertiary/aromatic N) is 2. The highest BCUT2D eigenvalue weighted by Crippen LogP contribution is 2.25. The molecule has 1 aliphatic carbocycles. The molecule has 0 spiro atoms. The third-order valence-electron chi connectivity index (χ3n) is 5.45. The molecule has 2 unspecified atom stereocenters. The van der Waals surface area contributed by atoms with Crippen LogP contribution in [0.3, 0.4) is 0 Å². The SMILES string of the molecule is O=C(CCc1ccncc1)NC1CCN(C2CCCCC2O)CC1. The Balaban J connectivity index is 1.38. The Morgan fingerprint density at radius 3 is 2.58 bits per heavy atom. The van der Waals surface area contributed by atoms with Gasteiger partial charge in [-0.05, 0) is 49.8 Å². The minimum atomic E-state index is -0.162. The van der Waals surface area contributed by atoms with Crippen LogP contribution in [-0.2, 0) is 11.2 Å². The number of aliphatic hydroxyl groups is 1. The van der Waals surface area contributed by atoms with Gasteiger partial charge in [0.05, 0.1) is 6.10 Å². The largest absolute Gasteiger partial charge is 0.391 e. The lowest BCUT2D eigenvalue weighted by Crippen LogP contribution is -2.52. The van der Waals surface area contributed by atoms with Gasteiger partial charge in [0.1, 0.15) is 0 Å². The van der Waals surface area contributed by atoms with Gasteiger partial charge in [-0.3, -0.25) is 14.7 Å². The van der Waals surface area contributed by atoms with E-state index in [2.05, 4.69) is 15.2 Å². The summed E-state index contributed by atoms with van der Waals surface area (Å²) < 4.78 is 0. The Morgan fingerprint density at radius 1 is 1.17 bits per heavy atom. The number of pyridine rings is 1. The van der Waals surface area contributed by atoms with Crippen LogP contribution < -0.4 is 5.32 Å². The van der Waals surface area contributed by atoms with Crippen LogP contribution in [0.25, 0.3) is 0 Å². The number of aliphatic hydroxyl groups excluding tert-OH is 1. The number of likely N-dealkylation sites (tertiary alicyclic amines) is 1. The van der Waals surface area contributed by atoms with Crippen molar-refractivity contribution < 1.29 is 9.90 Å². The Kier molecular flexibility index (Phi) is 6.21. The average Bonchev–Trinajstić information content (AvgIpc) is 2.62. The average molecular weight is 331 g/mol. The van der Waals surface area contributed by atoms with Crippen molar-refractivity contribution in [2.75, 3.05) is 13.1 Å². The highest BCUT2D eigenvalue weighted by molar-refractivity contribution is 5.76. The number of amides is 1. The summed E-state index contributed by atoms with van der Waals surface area (Å²) in [6, 6.07) is 4.54. The second-order valence-electron chi connectivity index (χ2n) is 7.15. The molecule has 2 heterocycles. The molecule has 2 atom stereocenters. The van der Waals surface area contributed by atoms with Gasteiger partial charge < -0.3 is 10.4 Å². The topological polar surface area (TPSA) is 65.5 Å². The van der Waals surface area contributed by atoms with E-state index in [9.17, 15) is 9.90 Å². The molecule has 5 heteroatoms. The molecule has 1 saturated heterocycles. The summed E-state index contributed by atoms with van der Waals surface area (Å²) >= 11 is 0. The van der Waals surface area contributed by atoms with Crippen molar-refractivity contribution >= 4 is 5.91 Å². The molecule has 0 radical (unpaired) electrons. The van der Waals surface area contributed by atoms with E-state index >= 15 is 0 Å². The molecule has 1 saturated carbocycles. The highest BCUT2D eigenvalue weighted by Gasteiger charge is 2.31. The maximum absolute atomic E-state index is 12.1. The summed E-state index contributed by atoms with van der Waals surface area (Å²) in [5.41, 5.74) is 1.15. The number of rotatable bonds is 5. The van der Waals surface area contributed by atoms with E-state index in [4.69, 9.17) is 0 Å². The van der Waals surface area contributed by atoms with Gasteiger partial charge in [-0.25, -0.2) is 0 Å². The van der Waals surface area contributed by atoms with Crippen LogP contribution in [0.15, 0.2) is 24.5 Å². The summed E-state index contributed by atoms with van der Waals surface area (Å²) in [4.78, 5) is 18.6. The Hall–Kier alpha value is -1.46. The lowest BCUT2D eigenvalue weighted by molar-refractivity contribution is -0.122. The van der Waals surface area contributed by atoms with Crippen LogP contribution in [-0.4, -0.2) is 52.2 Å². The van der Waals surface area contributed by atoms with Gasteiger partial charge in [0.25, 0.3) is 0 Å². The molecule has 5 nitrogen and oxygen atoms in total. The van der Waals surface area contributed by atoms with Crippen LogP contribution in [0.5, 0.6) is 0 Å². The zero-order chi connectivity index (χ0) is 16.8. The number of piperidine rings is 1. The van der Waals surface area contributed by atoms with Crippen LogP contribution in [0.4, 0.5) is 0 Å². The highest BCUT2D eigenvalue weighted by atomic mass is 16.3. The molecule has 0 bridgehead atoms. The zero-order valence-electron chi connectivity index (χ0n) is 14.4. The second kappa shape index (κ2) is 8.58. The first-order valence-electron chi connectivity index (χ1n) is 9.33. The van der Waals surface area contributed by atoms with Crippen LogP contribution in [0.1, 0.15) is 50.5 Å². The number of carbonyl (C=O) groups excluding carboxylic acids is 1. The minimum Gasteiger partial charge on any atom is -0.391 e. The monoisotopic (exact) mass is 331 g/mol. The van der Waals surface area contributed by atoms with Gasteiger partial charge in [0, 0.05) is 44.0 Å². The van der Waals surface area contributed by atoms with Crippen LogP contribution >= 0.6 is 0 Å². The van der Waals surface area contributed by atoms with Crippen molar-refractivity contribution in [2.24, 2.45) is 0 Å². The van der Waals surface area contributed by atoms with Gasteiger partial charge in [-0.15, -0.1) is 0 Å². The first kappa shape index (κ1) is 17.4. The van der Waals surface area contributed by atoms with Gasteiger partial charge in [0.2, 0.25) is 5.91 Å². The van der Waals surface area contributed by atoms with E-state index < -0.39 is 0 Å². The lowest BCUT2D eigenvalue weighted by atomic mass is 9.89. The van der Waals surface area contributed by atoms with Crippen molar-refractivity contribution in [1.82, 2.24) is 15.2 Å². The number of carbonyl (C=O) groups is 1. The predicted molar refractivity (Wildman–Crippen MR) is 93.6 cm³/mol. The Labute approximate surface area is 144 Å². The minimum absolute atomic E-state index is 0.142. The molecule has 3 rings (SSSR count). The van der Waals surface area contributed by atoms with E-state index in [0.717, 1.165) is 57.2 Å². The second-order valence-corrected chi connectivity index (χ2v) is 7.15. The molecule has 2 aliphatic rings. The third kappa shape index (κ3) is 4.77. The first-order chi connectivity index (χ1) is 11.7. The van der Waals surface area contributed by atoms with E-state index in [1.165, 1.54) is 6.42 Å². The molecule has 2 fully saturated rings. The fraction of sp³-hybridized carbons (Fsp3) is 0.684. The smallest absolute Gasteiger partial charge is 0.220 e. The van der Waals surface area contributed by atoms with Crippen LogP contribution in [0, 0.1) is 0 Å². The van der Waals surface area contributed by atoms with Crippen molar-refractivity contribution in [3.8, 4) is 0 Å². The van der Waals surface area contributed by atoms with Crippen molar-refractivity contribution in [1.29, 1.82) is 0 Å². The van der Waals surface area contributed by atoms with Crippen LogP contribution in [0.2, 0.25) is 0 Å². The molecule has 1 aliphatic heterocycles. The molecule has 1 aromatic rings. The number of nitrogens with one attached hydrogen (secondary N) is 1. The number of aromatic nitrogens is 1. The maximum Gasteiger partial charge on any atom is 0.220 e. The molecular formula is C19H29N3O2. The summed E-state index contributed by atoms with van der Waals surface area (Å²) in [6.45, 7) is 1.97. The summed E-state index contributed by atoms with van der Waals surface area (Å²) in [6.07, 6.45) is 11.1. The van der Waals surface area contributed by atoms with Gasteiger partial charge >= 0.3 is 0 Å². The number of hydrogen-bond acceptors (Lipinski definition) is 4. The van der Waals surface area contributed by atoms with Gasteiger partial charge in [-0.1, -0.05) is 12.8 Å². The molecule has 0 aromatic carbocycles. The number of hydrogen-bond donors (Lipinski definition) is 2. The van der Waals surface area contributed by atoms with E-state index in [1.807, 2.05) is 12.1 Å². The normalized spacial score (nSPS) is 26.2. The third-order valence-corrected chi connectivity index (χ3v) is 5.45. The Bertz CT molecular complexity index is 515. The van der Waals surface area contributed by atoms with E-state index in [1.54, 1.807) is 12.4 Å². The quantitative estimate of drug-likeness (QED) is 0.865. The fourth-order valence-corrected chi connectivity index (χ4v) is 4.00. The van der Waals surface area contributed by atoms with Crippen molar-refractivity contribution in [3.05, 3.63) is 30.1 Å². The number of aryl methyl sites for hydroxylation is 1. The Morgan fingerprint density at radius 2 is 1.88 bits per heavy atom. The van der Waals surface area contributed by atoms with Crippen molar-refractivity contribution in [3.63, 3.8) is 0 Å². The summed E-state index contributed by atoms with van der Waals surface area (Å²) in [5.74, 6) is 0.142. The first-order valence-corrected chi connectivity index (χ1v) is 9.33. The molecule has 1 aromatic heterocycles.